The first-order valence-corrected chi connectivity index (χ1v) is 7.25. The maximum atomic E-state index is 4.23. The molecule has 0 aliphatic heterocycles. The molecule has 1 N–H and O–H groups in total. The van der Waals surface area contributed by atoms with Crippen LogP contribution >= 0.6 is 0 Å². The van der Waals surface area contributed by atoms with Crippen LogP contribution in [0.3, 0.4) is 0 Å². The summed E-state index contributed by atoms with van der Waals surface area (Å²) in [6.45, 7) is 6.91. The monoisotopic (exact) mass is 264 g/mol. The Hall–Kier alpha value is -0.870. The van der Waals surface area contributed by atoms with Crippen LogP contribution in [0.1, 0.15) is 32.3 Å². The maximum Gasteiger partial charge on any atom is 0.0534 e. The molecule has 1 aromatic heterocycles. The van der Waals surface area contributed by atoms with Gasteiger partial charge in [0.1, 0.15) is 0 Å². The maximum absolute atomic E-state index is 4.23. The van der Waals surface area contributed by atoms with Crippen LogP contribution in [0, 0.1) is 11.3 Å². The highest BCUT2D eigenvalue weighted by atomic mass is 15.2. The van der Waals surface area contributed by atoms with Crippen molar-refractivity contribution in [3.05, 3.63) is 18.0 Å². The second kappa shape index (κ2) is 5.63. The first-order valence-electron chi connectivity index (χ1n) is 7.25. The van der Waals surface area contributed by atoms with Crippen LogP contribution in [-0.2, 0) is 13.6 Å². The molecular weight excluding hydrogens is 236 g/mol. The third-order valence-electron chi connectivity index (χ3n) is 4.54. The molecule has 4 nitrogen and oxygen atoms in total. The molecule has 108 valence electrons. The zero-order chi connectivity index (χ0) is 14.0. The molecule has 2 unspecified atom stereocenters. The number of aromatic nitrogens is 2. The molecule has 2 rings (SSSR count). The molecular formula is C15H28N4. The number of aryl methyl sites for hydroxylation is 1. The molecule has 0 spiro atoms. The minimum Gasteiger partial charge on any atom is -0.316 e. The molecule has 2 atom stereocenters. The van der Waals surface area contributed by atoms with Gasteiger partial charge in [-0.15, -0.1) is 0 Å². The molecule has 0 saturated heterocycles. The molecule has 1 aliphatic rings. The summed E-state index contributed by atoms with van der Waals surface area (Å²) in [5, 5.41) is 7.77. The van der Waals surface area contributed by atoms with E-state index in [1.807, 2.05) is 17.9 Å². The van der Waals surface area contributed by atoms with Gasteiger partial charge in [0.25, 0.3) is 0 Å². The van der Waals surface area contributed by atoms with Crippen LogP contribution in [0.5, 0.6) is 0 Å². The van der Waals surface area contributed by atoms with Crippen molar-refractivity contribution in [1.82, 2.24) is 20.0 Å². The molecule has 19 heavy (non-hydrogen) atoms. The number of hydrogen-bond donors (Lipinski definition) is 1. The van der Waals surface area contributed by atoms with Crippen molar-refractivity contribution in [1.29, 1.82) is 0 Å². The van der Waals surface area contributed by atoms with Crippen molar-refractivity contribution in [2.45, 2.75) is 39.3 Å². The lowest BCUT2D eigenvalue weighted by molar-refractivity contribution is 0.207. The predicted octanol–water partition coefficient (Wildman–Crippen LogP) is 1.88. The molecule has 0 bridgehead atoms. The van der Waals surface area contributed by atoms with Gasteiger partial charge in [0.15, 0.2) is 0 Å². The highest BCUT2D eigenvalue weighted by Gasteiger charge is 2.40. The summed E-state index contributed by atoms with van der Waals surface area (Å²) in [5.41, 5.74) is 1.72. The first kappa shape index (κ1) is 14.5. The molecule has 4 heteroatoms. The van der Waals surface area contributed by atoms with E-state index in [1.165, 1.54) is 18.4 Å². The summed E-state index contributed by atoms with van der Waals surface area (Å²) < 4.78 is 1.87. The molecule has 1 heterocycles. The zero-order valence-electron chi connectivity index (χ0n) is 13.0. The van der Waals surface area contributed by atoms with Gasteiger partial charge in [0.2, 0.25) is 0 Å². The topological polar surface area (TPSA) is 33.1 Å². The summed E-state index contributed by atoms with van der Waals surface area (Å²) >= 11 is 0. The molecule has 1 aliphatic carbocycles. The molecule has 1 fully saturated rings. The second-order valence-electron chi connectivity index (χ2n) is 6.77. The highest BCUT2D eigenvalue weighted by Crippen LogP contribution is 2.41. The van der Waals surface area contributed by atoms with Crippen molar-refractivity contribution >= 4 is 0 Å². The van der Waals surface area contributed by atoms with Gasteiger partial charge in [0.05, 0.1) is 6.20 Å². The Morgan fingerprint density at radius 2 is 2.26 bits per heavy atom. The normalized spacial score (nSPS) is 26.2. The van der Waals surface area contributed by atoms with E-state index < -0.39 is 0 Å². The van der Waals surface area contributed by atoms with Crippen LogP contribution in [-0.4, -0.2) is 41.4 Å². The van der Waals surface area contributed by atoms with Crippen molar-refractivity contribution in [2.75, 3.05) is 20.6 Å². The summed E-state index contributed by atoms with van der Waals surface area (Å²) in [6, 6.07) is 0.629. The Bertz CT molecular complexity index is 410. The predicted molar refractivity (Wildman–Crippen MR) is 78.9 cm³/mol. The van der Waals surface area contributed by atoms with E-state index in [-0.39, 0.29) is 0 Å². The van der Waals surface area contributed by atoms with E-state index in [9.17, 15) is 0 Å². The van der Waals surface area contributed by atoms with E-state index in [1.54, 1.807) is 0 Å². The van der Waals surface area contributed by atoms with Gasteiger partial charge in [-0.2, -0.15) is 5.10 Å². The summed E-state index contributed by atoms with van der Waals surface area (Å²) in [7, 11) is 6.29. The minimum absolute atomic E-state index is 0.425. The standard InChI is InChI=1S/C15H28N4/c1-15(2)7-6-13(14(15)16-3)11-18(4)9-12-8-17-19(5)10-12/h8,10,13-14,16H,6-7,9,11H2,1-5H3. The van der Waals surface area contributed by atoms with Crippen LogP contribution in [0.25, 0.3) is 0 Å². The lowest BCUT2D eigenvalue weighted by atomic mass is 9.85. The van der Waals surface area contributed by atoms with E-state index in [0.29, 0.717) is 11.5 Å². The lowest BCUT2D eigenvalue weighted by Crippen LogP contribution is -2.43. The van der Waals surface area contributed by atoms with E-state index >= 15 is 0 Å². The first-order chi connectivity index (χ1) is 8.92. The summed E-state index contributed by atoms with van der Waals surface area (Å²) in [5.74, 6) is 0.752. The Morgan fingerprint density at radius 3 is 2.84 bits per heavy atom. The van der Waals surface area contributed by atoms with Crippen molar-refractivity contribution < 1.29 is 0 Å². The van der Waals surface area contributed by atoms with Crippen molar-refractivity contribution in [3.8, 4) is 0 Å². The fourth-order valence-electron chi connectivity index (χ4n) is 3.67. The Balaban J connectivity index is 1.90. The zero-order valence-corrected chi connectivity index (χ0v) is 13.0. The van der Waals surface area contributed by atoms with E-state index in [2.05, 4.69) is 49.5 Å². The Kier molecular flexibility index (Phi) is 4.31. The van der Waals surface area contributed by atoms with E-state index in [4.69, 9.17) is 0 Å². The second-order valence-corrected chi connectivity index (χ2v) is 6.77. The van der Waals surface area contributed by atoms with Gasteiger partial charge in [-0.05, 0) is 38.3 Å². The summed E-state index contributed by atoms with van der Waals surface area (Å²) in [6.07, 6.45) is 6.72. The number of hydrogen-bond acceptors (Lipinski definition) is 3. The number of nitrogens with zero attached hydrogens (tertiary/aromatic N) is 3. The minimum atomic E-state index is 0.425. The third-order valence-corrected chi connectivity index (χ3v) is 4.54. The SMILES string of the molecule is CNC1C(CN(C)Cc2cnn(C)c2)CCC1(C)C. The molecule has 1 saturated carbocycles. The fraction of sp³-hybridized carbons (Fsp3) is 0.800. The van der Waals surface area contributed by atoms with Gasteiger partial charge in [-0.3, -0.25) is 4.68 Å². The van der Waals surface area contributed by atoms with Crippen LogP contribution in [0.15, 0.2) is 12.4 Å². The van der Waals surface area contributed by atoms with Gasteiger partial charge in [-0.1, -0.05) is 13.8 Å². The average Bonchev–Trinajstić information content (AvgIpc) is 2.83. The summed E-state index contributed by atoms with van der Waals surface area (Å²) in [4.78, 5) is 2.42. The van der Waals surface area contributed by atoms with Crippen LogP contribution in [0.2, 0.25) is 0 Å². The van der Waals surface area contributed by atoms with Gasteiger partial charge >= 0.3 is 0 Å². The highest BCUT2D eigenvalue weighted by molar-refractivity contribution is 5.03. The Labute approximate surface area is 117 Å². The van der Waals surface area contributed by atoms with Gasteiger partial charge < -0.3 is 10.2 Å². The lowest BCUT2D eigenvalue weighted by Gasteiger charge is -2.32. The molecule has 0 radical (unpaired) electrons. The number of rotatable bonds is 5. The van der Waals surface area contributed by atoms with Crippen molar-refractivity contribution in [3.63, 3.8) is 0 Å². The average molecular weight is 264 g/mol. The van der Waals surface area contributed by atoms with Gasteiger partial charge in [-0.25, -0.2) is 0 Å². The molecule has 0 amide bonds. The third kappa shape index (κ3) is 3.37. The smallest absolute Gasteiger partial charge is 0.0534 e. The molecule has 1 aromatic rings. The Morgan fingerprint density at radius 1 is 1.53 bits per heavy atom. The van der Waals surface area contributed by atoms with Crippen LogP contribution < -0.4 is 5.32 Å². The quantitative estimate of drug-likeness (QED) is 0.881. The van der Waals surface area contributed by atoms with E-state index in [0.717, 1.165) is 19.0 Å². The van der Waals surface area contributed by atoms with Crippen LogP contribution in [0.4, 0.5) is 0 Å². The largest absolute Gasteiger partial charge is 0.316 e. The van der Waals surface area contributed by atoms with Gasteiger partial charge in [0, 0.05) is 37.9 Å². The molecule has 0 aromatic carbocycles. The fourth-order valence-corrected chi connectivity index (χ4v) is 3.67. The van der Waals surface area contributed by atoms with Crippen molar-refractivity contribution in [2.24, 2.45) is 18.4 Å². The number of nitrogens with one attached hydrogen (secondary N) is 1.